The highest BCUT2D eigenvalue weighted by molar-refractivity contribution is 9.10. The van der Waals surface area contributed by atoms with Crippen molar-refractivity contribution in [3.05, 3.63) is 28.2 Å². The molecule has 2 N–H and O–H groups in total. The van der Waals surface area contributed by atoms with Crippen LogP contribution in [0.1, 0.15) is 31.2 Å². The fraction of sp³-hybridized carbons (Fsp3) is 0.600. The van der Waals surface area contributed by atoms with Gasteiger partial charge in [-0.1, -0.05) is 6.07 Å². The Kier molecular flexibility index (Phi) is 5.67. The van der Waals surface area contributed by atoms with Crippen LogP contribution < -0.4 is 10.1 Å². The number of benzene rings is 1. The minimum Gasteiger partial charge on any atom is -0.496 e. The predicted octanol–water partition coefficient (Wildman–Crippen LogP) is 3.10. The van der Waals surface area contributed by atoms with Crippen molar-refractivity contribution >= 4 is 15.9 Å². The highest BCUT2D eigenvalue weighted by Crippen LogP contribution is 2.26. The maximum Gasteiger partial charge on any atom is 0.133 e. The Bertz CT molecular complexity index is 403. The first kappa shape index (κ1) is 14.8. The quantitative estimate of drug-likeness (QED) is 0.873. The Hall–Kier alpha value is -0.580. The van der Waals surface area contributed by atoms with Gasteiger partial charge in [0.15, 0.2) is 0 Å². The third-order valence-corrected chi connectivity index (χ3v) is 4.41. The van der Waals surface area contributed by atoms with Gasteiger partial charge in [-0.2, -0.15) is 0 Å². The summed E-state index contributed by atoms with van der Waals surface area (Å²) in [7, 11) is 1.68. The Balaban J connectivity index is 1.75. The van der Waals surface area contributed by atoms with Gasteiger partial charge in [-0.05, 0) is 71.8 Å². The van der Waals surface area contributed by atoms with Gasteiger partial charge in [0.2, 0.25) is 0 Å². The van der Waals surface area contributed by atoms with Gasteiger partial charge < -0.3 is 15.2 Å². The number of hydrogen-bond acceptors (Lipinski definition) is 3. The van der Waals surface area contributed by atoms with Gasteiger partial charge >= 0.3 is 0 Å². The second-order valence-electron chi connectivity index (χ2n) is 5.27. The lowest BCUT2D eigenvalue weighted by Crippen LogP contribution is -2.27. The molecule has 1 fully saturated rings. The molecule has 106 valence electrons. The van der Waals surface area contributed by atoms with Crippen molar-refractivity contribution in [1.29, 1.82) is 0 Å². The molecule has 0 saturated heterocycles. The summed E-state index contributed by atoms with van der Waals surface area (Å²) >= 11 is 3.50. The molecule has 0 heterocycles. The van der Waals surface area contributed by atoms with Gasteiger partial charge in [-0.25, -0.2) is 0 Å². The first-order valence-corrected chi connectivity index (χ1v) is 7.69. The first-order valence-electron chi connectivity index (χ1n) is 6.90. The molecule has 1 aromatic rings. The van der Waals surface area contributed by atoms with E-state index in [4.69, 9.17) is 4.74 Å². The maximum atomic E-state index is 9.47. The summed E-state index contributed by atoms with van der Waals surface area (Å²) in [5.41, 5.74) is 1.25. The van der Waals surface area contributed by atoms with Crippen molar-refractivity contribution in [2.75, 3.05) is 13.7 Å². The Morgan fingerprint density at radius 2 is 2.05 bits per heavy atom. The Morgan fingerprint density at radius 1 is 1.32 bits per heavy atom. The van der Waals surface area contributed by atoms with Crippen LogP contribution in [0.4, 0.5) is 0 Å². The van der Waals surface area contributed by atoms with Crippen LogP contribution in [-0.2, 0) is 6.54 Å². The molecule has 0 aliphatic heterocycles. The van der Waals surface area contributed by atoms with Crippen LogP contribution in [0.5, 0.6) is 5.75 Å². The zero-order valence-corrected chi connectivity index (χ0v) is 12.9. The van der Waals surface area contributed by atoms with Crippen molar-refractivity contribution in [2.45, 2.75) is 38.3 Å². The summed E-state index contributed by atoms with van der Waals surface area (Å²) in [6.07, 6.45) is 4.13. The van der Waals surface area contributed by atoms with Gasteiger partial charge in [0, 0.05) is 6.54 Å². The number of aliphatic hydroxyl groups excluding tert-OH is 1. The normalized spacial score (nSPS) is 23.3. The van der Waals surface area contributed by atoms with Gasteiger partial charge in [0.25, 0.3) is 0 Å². The lowest BCUT2D eigenvalue weighted by atomic mass is 9.87. The maximum absolute atomic E-state index is 9.47. The third-order valence-electron chi connectivity index (χ3n) is 3.79. The standard InChI is InChI=1S/C15H22BrNO2/c1-19-15-7-4-12(8-14(15)16)10-17-9-11-2-5-13(18)6-3-11/h4,7-8,11,13,17-18H,2-3,5-6,9-10H2,1H3. The van der Waals surface area contributed by atoms with E-state index in [-0.39, 0.29) is 6.10 Å². The average Bonchev–Trinajstić information content (AvgIpc) is 2.41. The highest BCUT2D eigenvalue weighted by Gasteiger charge is 2.18. The first-order chi connectivity index (χ1) is 9.19. The van der Waals surface area contributed by atoms with E-state index in [1.807, 2.05) is 6.07 Å². The fourth-order valence-corrected chi connectivity index (χ4v) is 3.18. The monoisotopic (exact) mass is 327 g/mol. The van der Waals surface area contributed by atoms with Crippen molar-refractivity contribution in [3.63, 3.8) is 0 Å². The Labute approximate surface area is 123 Å². The van der Waals surface area contributed by atoms with E-state index in [9.17, 15) is 5.11 Å². The molecule has 1 aliphatic carbocycles. The number of hydrogen-bond donors (Lipinski definition) is 2. The number of aliphatic hydroxyl groups is 1. The minimum absolute atomic E-state index is 0.0613. The lowest BCUT2D eigenvalue weighted by Gasteiger charge is -2.25. The summed E-state index contributed by atoms with van der Waals surface area (Å²) in [6.45, 7) is 1.91. The number of methoxy groups -OCH3 is 1. The third kappa shape index (κ3) is 4.48. The lowest BCUT2D eigenvalue weighted by molar-refractivity contribution is 0.108. The molecule has 1 aromatic carbocycles. The summed E-state index contributed by atoms with van der Waals surface area (Å²) in [6, 6.07) is 6.16. The van der Waals surface area contributed by atoms with E-state index in [0.29, 0.717) is 5.92 Å². The van der Waals surface area contributed by atoms with Crippen molar-refractivity contribution in [2.24, 2.45) is 5.92 Å². The molecule has 2 rings (SSSR count). The van der Waals surface area contributed by atoms with Gasteiger partial charge in [0.05, 0.1) is 17.7 Å². The van der Waals surface area contributed by atoms with Gasteiger partial charge in [-0.15, -0.1) is 0 Å². The van der Waals surface area contributed by atoms with E-state index in [0.717, 1.165) is 49.0 Å². The van der Waals surface area contributed by atoms with Gasteiger partial charge in [0.1, 0.15) is 5.75 Å². The molecule has 0 aromatic heterocycles. The fourth-order valence-electron chi connectivity index (χ4n) is 2.59. The largest absolute Gasteiger partial charge is 0.496 e. The van der Waals surface area contributed by atoms with Crippen molar-refractivity contribution in [3.8, 4) is 5.75 Å². The van der Waals surface area contributed by atoms with E-state index >= 15 is 0 Å². The number of nitrogens with one attached hydrogen (secondary N) is 1. The van der Waals surface area contributed by atoms with E-state index < -0.39 is 0 Å². The second kappa shape index (κ2) is 7.27. The molecule has 0 spiro atoms. The van der Waals surface area contributed by atoms with Crippen LogP contribution in [0, 0.1) is 5.92 Å². The van der Waals surface area contributed by atoms with Crippen molar-refractivity contribution in [1.82, 2.24) is 5.32 Å². The summed E-state index contributed by atoms with van der Waals surface area (Å²) in [5.74, 6) is 1.58. The topological polar surface area (TPSA) is 41.5 Å². The molecular weight excluding hydrogens is 306 g/mol. The molecule has 1 saturated carbocycles. The number of ether oxygens (including phenoxy) is 1. The van der Waals surface area contributed by atoms with Crippen LogP contribution in [0.15, 0.2) is 22.7 Å². The molecule has 4 heteroatoms. The summed E-state index contributed by atoms with van der Waals surface area (Å²) < 4.78 is 6.21. The molecule has 0 amide bonds. The zero-order chi connectivity index (χ0) is 13.7. The van der Waals surface area contributed by atoms with Gasteiger partial charge in [-0.3, -0.25) is 0 Å². The highest BCUT2D eigenvalue weighted by atomic mass is 79.9. The van der Waals surface area contributed by atoms with Crippen LogP contribution in [-0.4, -0.2) is 24.9 Å². The minimum atomic E-state index is -0.0613. The molecule has 0 radical (unpaired) electrons. The van der Waals surface area contributed by atoms with Crippen molar-refractivity contribution < 1.29 is 9.84 Å². The van der Waals surface area contributed by atoms with Crippen LogP contribution in [0.2, 0.25) is 0 Å². The summed E-state index contributed by atoms with van der Waals surface area (Å²) in [5, 5.41) is 13.0. The molecule has 1 aliphatic rings. The molecule has 0 bridgehead atoms. The van der Waals surface area contributed by atoms with Crippen LogP contribution in [0.25, 0.3) is 0 Å². The molecule has 3 nitrogen and oxygen atoms in total. The average molecular weight is 328 g/mol. The number of halogens is 1. The number of rotatable bonds is 5. The van der Waals surface area contributed by atoms with Crippen LogP contribution >= 0.6 is 15.9 Å². The molecular formula is C15H22BrNO2. The predicted molar refractivity (Wildman–Crippen MR) is 80.4 cm³/mol. The van der Waals surface area contributed by atoms with E-state index in [1.54, 1.807) is 7.11 Å². The second-order valence-corrected chi connectivity index (χ2v) is 6.13. The molecule has 0 unspecified atom stereocenters. The van der Waals surface area contributed by atoms with Crippen LogP contribution in [0.3, 0.4) is 0 Å². The molecule has 0 atom stereocenters. The molecule has 19 heavy (non-hydrogen) atoms. The SMILES string of the molecule is COc1ccc(CNCC2CCC(O)CC2)cc1Br. The zero-order valence-electron chi connectivity index (χ0n) is 11.4. The Morgan fingerprint density at radius 3 is 2.68 bits per heavy atom. The van der Waals surface area contributed by atoms with E-state index in [1.165, 1.54) is 5.56 Å². The smallest absolute Gasteiger partial charge is 0.133 e. The van der Waals surface area contributed by atoms with E-state index in [2.05, 4.69) is 33.4 Å². The summed E-state index contributed by atoms with van der Waals surface area (Å²) in [4.78, 5) is 0.